The third-order valence-corrected chi connectivity index (χ3v) is 10.2. The number of alkyl halides is 2. The molecular formula is C31H32F3N3O6S. The Labute approximate surface area is 252 Å². The fraction of sp³-hybridized carbons (Fsp3) is 0.452. The second kappa shape index (κ2) is 10.7. The molecule has 0 radical (unpaired) electrons. The maximum absolute atomic E-state index is 15.4. The van der Waals surface area contributed by atoms with E-state index in [1.165, 1.54) is 0 Å². The summed E-state index contributed by atoms with van der Waals surface area (Å²) < 4.78 is 69.1. The minimum Gasteiger partial charge on any atom is -0.372 e. The molecule has 234 valence electrons. The van der Waals surface area contributed by atoms with Gasteiger partial charge in [0.1, 0.15) is 6.04 Å². The monoisotopic (exact) mass is 631 g/mol. The molecule has 7 rings (SSSR count). The van der Waals surface area contributed by atoms with E-state index in [-0.39, 0.29) is 36.3 Å². The number of fused-ring (bicyclic) bond motifs is 6. The molecule has 0 spiro atoms. The van der Waals surface area contributed by atoms with Crippen molar-refractivity contribution in [2.45, 2.75) is 61.8 Å². The Kier molecular flexibility index (Phi) is 7.39. The first-order valence-corrected chi connectivity index (χ1v) is 16.4. The lowest BCUT2D eigenvalue weighted by molar-refractivity contribution is -0.201. The number of carbonyl (C=O) groups is 3. The first kappa shape index (κ1) is 30.3. The van der Waals surface area contributed by atoms with Crippen LogP contribution in [0.1, 0.15) is 43.2 Å². The zero-order valence-corrected chi connectivity index (χ0v) is 24.6. The summed E-state index contributed by atoms with van der Waals surface area (Å²) in [5.41, 5.74) is -0.529. The van der Waals surface area contributed by atoms with Gasteiger partial charge in [-0.25, -0.2) is 17.2 Å². The number of amides is 3. The number of benzene rings is 2. The van der Waals surface area contributed by atoms with Gasteiger partial charge in [0, 0.05) is 42.3 Å². The molecule has 1 saturated carbocycles. The first-order valence-electron chi connectivity index (χ1n) is 14.5. The van der Waals surface area contributed by atoms with E-state index in [4.69, 9.17) is 0 Å². The maximum Gasteiger partial charge on any atom is 0.264 e. The average molecular weight is 632 g/mol. The molecule has 5 atom stereocenters. The second-order valence-corrected chi connectivity index (χ2v) is 14.1. The number of aliphatic hydroxyl groups is 1. The first-order chi connectivity index (χ1) is 20.7. The molecule has 4 fully saturated rings. The van der Waals surface area contributed by atoms with Crippen molar-refractivity contribution in [3.63, 3.8) is 0 Å². The molecule has 2 aliphatic carbocycles. The minimum absolute atomic E-state index is 0.0750. The molecule has 9 nitrogen and oxygen atoms in total. The Morgan fingerprint density at radius 1 is 1.09 bits per heavy atom. The molecule has 0 unspecified atom stereocenters. The van der Waals surface area contributed by atoms with Crippen molar-refractivity contribution in [2.24, 2.45) is 11.8 Å². The number of nitrogens with zero attached hydrogens (tertiary/aromatic N) is 1. The zero-order valence-electron chi connectivity index (χ0n) is 23.8. The summed E-state index contributed by atoms with van der Waals surface area (Å²) in [5, 5.41) is 15.8. The molecule has 0 aromatic heterocycles. The lowest BCUT2D eigenvalue weighted by atomic mass is 9.70. The van der Waals surface area contributed by atoms with Crippen LogP contribution in [0.25, 0.3) is 11.1 Å². The summed E-state index contributed by atoms with van der Waals surface area (Å²) in [7, 11) is -4.31. The van der Waals surface area contributed by atoms with Gasteiger partial charge in [0.25, 0.3) is 11.8 Å². The Balaban J connectivity index is 1.39. The molecule has 44 heavy (non-hydrogen) atoms. The van der Waals surface area contributed by atoms with Gasteiger partial charge in [-0.3, -0.25) is 14.4 Å². The van der Waals surface area contributed by atoms with Crippen LogP contribution in [0.2, 0.25) is 0 Å². The number of halogens is 3. The summed E-state index contributed by atoms with van der Waals surface area (Å²) >= 11 is 0. The number of carbonyl (C=O) groups excluding carboxylic acids is 3. The molecule has 2 aromatic rings. The van der Waals surface area contributed by atoms with Crippen molar-refractivity contribution in [3.05, 3.63) is 70.9 Å². The highest BCUT2D eigenvalue weighted by atomic mass is 32.2. The summed E-state index contributed by atoms with van der Waals surface area (Å²) in [6, 6.07) is 9.27. The molecule has 3 heterocycles. The predicted molar refractivity (Wildman–Crippen MR) is 153 cm³/mol. The lowest BCUT2D eigenvalue weighted by Gasteiger charge is -2.55. The van der Waals surface area contributed by atoms with E-state index in [9.17, 15) is 32.3 Å². The fourth-order valence-corrected chi connectivity index (χ4v) is 7.73. The highest BCUT2D eigenvalue weighted by molar-refractivity contribution is 7.94. The standard InChI is InChI=1S/C31H32F3N3O6S/c1-44(42,43)25(32)15-18(14-17-12-13-35-27(17)38)36-28(39)26-24-11-10-19(16-30(24,33)34)37(26)29(40)31(41)22-8-4-2-6-20(22)21-7-3-5-9-23(21)31/h2-9,15,17-19,24,26,41H,10-14,16H2,1H3,(H,35,38)(H,36,39)/b25-15+/t17-,18-,19-,24-,26+/m1/s1. The van der Waals surface area contributed by atoms with Crippen molar-refractivity contribution in [3.8, 4) is 11.1 Å². The van der Waals surface area contributed by atoms with Crippen LogP contribution >= 0.6 is 0 Å². The summed E-state index contributed by atoms with van der Waals surface area (Å²) in [6.07, 6.45) is 0.872. The Morgan fingerprint density at radius 3 is 2.25 bits per heavy atom. The molecule has 3 N–H and O–H groups in total. The topological polar surface area (TPSA) is 133 Å². The van der Waals surface area contributed by atoms with Crippen LogP contribution in [-0.4, -0.2) is 73.0 Å². The number of nitrogens with one attached hydrogen (secondary N) is 2. The van der Waals surface area contributed by atoms with Gasteiger partial charge in [0.2, 0.25) is 26.8 Å². The van der Waals surface area contributed by atoms with Crippen LogP contribution in [0.15, 0.2) is 59.8 Å². The third-order valence-electron chi connectivity index (χ3n) is 9.39. The molecule has 3 aliphatic heterocycles. The fourth-order valence-electron chi connectivity index (χ4n) is 7.32. The van der Waals surface area contributed by atoms with Crippen LogP contribution in [0.4, 0.5) is 13.2 Å². The van der Waals surface area contributed by atoms with Gasteiger partial charge in [0.05, 0.1) is 12.0 Å². The van der Waals surface area contributed by atoms with E-state index in [0.29, 0.717) is 36.4 Å². The van der Waals surface area contributed by atoms with Gasteiger partial charge in [-0.15, -0.1) is 0 Å². The molecular weight excluding hydrogens is 599 g/mol. The smallest absolute Gasteiger partial charge is 0.264 e. The number of rotatable bonds is 7. The van der Waals surface area contributed by atoms with E-state index in [2.05, 4.69) is 10.6 Å². The Morgan fingerprint density at radius 2 is 1.70 bits per heavy atom. The van der Waals surface area contributed by atoms with Crippen LogP contribution < -0.4 is 10.6 Å². The van der Waals surface area contributed by atoms with E-state index in [1.807, 2.05) is 0 Å². The van der Waals surface area contributed by atoms with E-state index < -0.39 is 74.7 Å². The molecule has 2 bridgehead atoms. The van der Waals surface area contributed by atoms with Gasteiger partial charge >= 0.3 is 0 Å². The molecule has 5 aliphatic rings. The third kappa shape index (κ3) is 4.90. The largest absolute Gasteiger partial charge is 0.372 e. The van der Waals surface area contributed by atoms with E-state index in [0.717, 1.165) is 4.90 Å². The van der Waals surface area contributed by atoms with Crippen molar-refractivity contribution < 1.29 is 41.1 Å². The SMILES string of the molecule is CS(=O)(=O)/C(F)=C/[C@@H](C[C@H]1CCNC1=O)NC(=O)[C@@H]1[C@H]2CC[C@H](CC2(F)F)N1C(=O)C1(O)c2ccccc2-c2ccccc21. The zero-order chi connectivity index (χ0) is 31.6. The van der Waals surface area contributed by atoms with E-state index >= 15 is 8.78 Å². The van der Waals surface area contributed by atoms with E-state index in [1.54, 1.807) is 48.5 Å². The van der Waals surface area contributed by atoms with Crippen LogP contribution in [0.5, 0.6) is 0 Å². The Bertz CT molecular complexity index is 1630. The number of sulfone groups is 1. The number of piperidine rings is 2. The molecule has 3 amide bonds. The Hall–Kier alpha value is -3.71. The van der Waals surface area contributed by atoms with Gasteiger partial charge < -0.3 is 20.6 Å². The van der Waals surface area contributed by atoms with Gasteiger partial charge in [-0.2, -0.15) is 4.39 Å². The van der Waals surface area contributed by atoms with Crippen molar-refractivity contribution in [1.82, 2.24) is 15.5 Å². The quantitative estimate of drug-likeness (QED) is 0.431. The van der Waals surface area contributed by atoms with Crippen molar-refractivity contribution in [1.29, 1.82) is 0 Å². The van der Waals surface area contributed by atoms with Gasteiger partial charge in [0.15, 0.2) is 5.60 Å². The summed E-state index contributed by atoms with van der Waals surface area (Å²) in [5.74, 6) is -7.94. The summed E-state index contributed by atoms with van der Waals surface area (Å²) in [4.78, 5) is 41.8. The highest BCUT2D eigenvalue weighted by Gasteiger charge is 2.63. The number of hydrogen-bond donors (Lipinski definition) is 3. The average Bonchev–Trinajstić information content (AvgIpc) is 3.50. The normalized spacial score (nSPS) is 27.3. The van der Waals surface area contributed by atoms with Crippen LogP contribution in [0, 0.1) is 11.8 Å². The lowest BCUT2D eigenvalue weighted by Crippen LogP contribution is -2.70. The second-order valence-electron chi connectivity index (χ2n) is 12.1. The van der Waals surface area contributed by atoms with Crippen LogP contribution in [-0.2, 0) is 29.8 Å². The van der Waals surface area contributed by atoms with Crippen LogP contribution in [0.3, 0.4) is 0 Å². The molecule has 3 saturated heterocycles. The molecule has 13 heteroatoms. The highest BCUT2D eigenvalue weighted by Crippen LogP contribution is 2.53. The van der Waals surface area contributed by atoms with Gasteiger partial charge in [-0.05, 0) is 42.9 Å². The van der Waals surface area contributed by atoms with Crippen molar-refractivity contribution >= 4 is 27.6 Å². The van der Waals surface area contributed by atoms with Gasteiger partial charge in [-0.1, -0.05) is 48.5 Å². The maximum atomic E-state index is 15.4. The summed E-state index contributed by atoms with van der Waals surface area (Å²) in [6.45, 7) is 0.338. The number of hydrogen-bond acceptors (Lipinski definition) is 6. The van der Waals surface area contributed by atoms with Crippen molar-refractivity contribution in [2.75, 3.05) is 12.8 Å². The molecule has 2 aromatic carbocycles. The minimum atomic E-state index is -4.31. The predicted octanol–water partition coefficient (Wildman–Crippen LogP) is 2.78.